The Morgan fingerprint density at radius 2 is 1.54 bits per heavy atom. The molecule has 1 N–H and O–H groups in total. The number of halogens is 1. The Hall–Kier alpha value is -2.08. The molecule has 1 aromatic carbocycles. The number of carbonyl (C=O) groups excluding carboxylic acids is 3. The molecule has 6 nitrogen and oxygen atoms in total. The fourth-order valence-electron chi connectivity index (χ4n) is 2.62. The van der Waals surface area contributed by atoms with Gasteiger partial charge in [-0.15, -0.1) is 0 Å². The SMILES string of the molecule is CC(OC(=O)[C@H](C)NC(=O)c1ccccc1Cl)C(=O)N(C(C)C)C(C)C. The van der Waals surface area contributed by atoms with Gasteiger partial charge in [-0.05, 0) is 53.7 Å². The molecule has 0 fully saturated rings. The second-order valence-electron chi connectivity index (χ2n) is 6.69. The molecule has 7 heteroatoms. The van der Waals surface area contributed by atoms with Crippen molar-refractivity contribution in [2.24, 2.45) is 0 Å². The Morgan fingerprint density at radius 1 is 1.00 bits per heavy atom. The Bertz CT molecular complexity index is 653. The first-order valence-electron chi connectivity index (χ1n) is 8.64. The molecule has 0 heterocycles. The molecule has 0 spiro atoms. The molecule has 0 saturated carbocycles. The van der Waals surface area contributed by atoms with Crippen LogP contribution < -0.4 is 5.32 Å². The van der Waals surface area contributed by atoms with Gasteiger partial charge in [0.05, 0.1) is 10.6 Å². The van der Waals surface area contributed by atoms with Gasteiger partial charge in [0.2, 0.25) is 0 Å². The van der Waals surface area contributed by atoms with E-state index in [9.17, 15) is 14.4 Å². The maximum absolute atomic E-state index is 12.5. The van der Waals surface area contributed by atoms with Crippen molar-refractivity contribution in [3.8, 4) is 0 Å². The summed E-state index contributed by atoms with van der Waals surface area (Å²) in [5, 5.41) is 2.82. The molecule has 0 aliphatic carbocycles. The van der Waals surface area contributed by atoms with Crippen molar-refractivity contribution >= 4 is 29.4 Å². The fraction of sp³-hybridized carbons (Fsp3) is 0.526. The summed E-state index contributed by atoms with van der Waals surface area (Å²) in [6.07, 6.45) is -0.938. The van der Waals surface area contributed by atoms with Gasteiger partial charge in [0, 0.05) is 12.1 Å². The predicted molar refractivity (Wildman–Crippen MR) is 101 cm³/mol. The van der Waals surface area contributed by atoms with E-state index in [0.717, 1.165) is 0 Å². The number of hydrogen-bond acceptors (Lipinski definition) is 4. The zero-order chi connectivity index (χ0) is 20.0. The molecule has 0 aromatic heterocycles. The first-order valence-corrected chi connectivity index (χ1v) is 9.02. The van der Waals surface area contributed by atoms with Crippen LogP contribution in [-0.2, 0) is 14.3 Å². The number of nitrogens with zero attached hydrogens (tertiary/aromatic N) is 1. The molecule has 1 rings (SSSR count). The molecule has 0 aliphatic rings. The monoisotopic (exact) mass is 382 g/mol. The largest absolute Gasteiger partial charge is 0.451 e. The van der Waals surface area contributed by atoms with E-state index < -0.39 is 24.0 Å². The van der Waals surface area contributed by atoms with E-state index in [1.807, 2.05) is 27.7 Å². The predicted octanol–water partition coefficient (Wildman–Crippen LogP) is 3.04. The Morgan fingerprint density at radius 3 is 2.04 bits per heavy atom. The first kappa shape index (κ1) is 22.0. The molecule has 26 heavy (non-hydrogen) atoms. The van der Waals surface area contributed by atoms with Gasteiger partial charge in [0.1, 0.15) is 6.04 Å². The number of benzene rings is 1. The van der Waals surface area contributed by atoms with Crippen LogP contribution in [0.15, 0.2) is 24.3 Å². The van der Waals surface area contributed by atoms with Crippen molar-refractivity contribution in [1.29, 1.82) is 0 Å². The highest BCUT2D eigenvalue weighted by Gasteiger charge is 2.29. The van der Waals surface area contributed by atoms with Crippen LogP contribution in [0.4, 0.5) is 0 Å². The summed E-state index contributed by atoms with van der Waals surface area (Å²) in [5.74, 6) is -1.43. The Kier molecular flexibility index (Phi) is 8.08. The third-order valence-corrected chi connectivity index (χ3v) is 4.16. The highest BCUT2D eigenvalue weighted by Crippen LogP contribution is 2.15. The van der Waals surface area contributed by atoms with Gasteiger partial charge in [-0.2, -0.15) is 0 Å². The van der Waals surface area contributed by atoms with E-state index in [2.05, 4.69) is 5.32 Å². The van der Waals surface area contributed by atoms with E-state index in [1.165, 1.54) is 13.8 Å². The molecular weight excluding hydrogens is 356 g/mol. The summed E-state index contributed by atoms with van der Waals surface area (Å²) >= 11 is 5.97. The summed E-state index contributed by atoms with van der Waals surface area (Å²) in [7, 11) is 0. The molecule has 0 radical (unpaired) electrons. The number of carbonyl (C=O) groups is 3. The van der Waals surface area contributed by atoms with Gasteiger partial charge in [0.25, 0.3) is 11.8 Å². The van der Waals surface area contributed by atoms with Crippen molar-refractivity contribution in [1.82, 2.24) is 10.2 Å². The topological polar surface area (TPSA) is 75.7 Å². The number of nitrogens with one attached hydrogen (secondary N) is 1. The van der Waals surface area contributed by atoms with Gasteiger partial charge in [-0.1, -0.05) is 23.7 Å². The van der Waals surface area contributed by atoms with Crippen LogP contribution in [-0.4, -0.2) is 46.9 Å². The molecular formula is C19H27ClN2O4. The quantitative estimate of drug-likeness (QED) is 0.735. The molecule has 0 saturated heterocycles. The average Bonchev–Trinajstić information content (AvgIpc) is 2.54. The normalized spacial score (nSPS) is 13.3. The maximum atomic E-state index is 12.5. The molecule has 1 aromatic rings. The smallest absolute Gasteiger partial charge is 0.329 e. The van der Waals surface area contributed by atoms with E-state index in [-0.39, 0.29) is 23.6 Å². The van der Waals surface area contributed by atoms with Crippen molar-refractivity contribution < 1.29 is 19.1 Å². The lowest BCUT2D eigenvalue weighted by atomic mass is 10.2. The summed E-state index contributed by atoms with van der Waals surface area (Å²) in [5.41, 5.74) is 0.267. The Labute approximate surface area is 159 Å². The lowest BCUT2D eigenvalue weighted by Crippen LogP contribution is -2.49. The van der Waals surface area contributed by atoms with Gasteiger partial charge in [-0.25, -0.2) is 4.79 Å². The van der Waals surface area contributed by atoms with E-state index in [0.29, 0.717) is 5.02 Å². The fourth-order valence-corrected chi connectivity index (χ4v) is 2.84. The second kappa shape index (κ2) is 9.57. The number of amides is 2. The lowest BCUT2D eigenvalue weighted by molar-refractivity contribution is -0.162. The van der Waals surface area contributed by atoms with Crippen molar-refractivity contribution in [2.45, 2.75) is 65.8 Å². The molecule has 144 valence electrons. The number of ether oxygens (including phenoxy) is 1. The van der Waals surface area contributed by atoms with Crippen LogP contribution in [0.3, 0.4) is 0 Å². The molecule has 2 amide bonds. The lowest BCUT2D eigenvalue weighted by Gasteiger charge is -2.33. The molecule has 1 unspecified atom stereocenters. The maximum Gasteiger partial charge on any atom is 0.329 e. The number of rotatable bonds is 7. The zero-order valence-electron chi connectivity index (χ0n) is 16.1. The van der Waals surface area contributed by atoms with Gasteiger partial charge in [0.15, 0.2) is 6.10 Å². The Balaban J connectivity index is 2.70. The minimum absolute atomic E-state index is 0.0130. The molecule has 0 aliphatic heterocycles. The van der Waals surface area contributed by atoms with Gasteiger partial charge < -0.3 is 15.0 Å². The summed E-state index contributed by atoms with van der Waals surface area (Å²) in [6, 6.07) is 5.59. The highest BCUT2D eigenvalue weighted by atomic mass is 35.5. The minimum atomic E-state index is -0.938. The van der Waals surface area contributed by atoms with E-state index >= 15 is 0 Å². The zero-order valence-corrected chi connectivity index (χ0v) is 16.8. The van der Waals surface area contributed by atoms with Crippen LogP contribution in [0, 0.1) is 0 Å². The van der Waals surface area contributed by atoms with E-state index in [4.69, 9.17) is 16.3 Å². The summed E-state index contributed by atoms with van der Waals surface area (Å²) < 4.78 is 5.24. The van der Waals surface area contributed by atoms with Crippen LogP contribution in [0.2, 0.25) is 5.02 Å². The minimum Gasteiger partial charge on any atom is -0.451 e. The number of hydrogen-bond donors (Lipinski definition) is 1. The van der Waals surface area contributed by atoms with Crippen molar-refractivity contribution in [3.05, 3.63) is 34.9 Å². The second-order valence-corrected chi connectivity index (χ2v) is 7.09. The average molecular weight is 383 g/mol. The van der Waals surface area contributed by atoms with Crippen LogP contribution in [0.5, 0.6) is 0 Å². The van der Waals surface area contributed by atoms with Crippen molar-refractivity contribution in [3.63, 3.8) is 0 Å². The summed E-state index contributed by atoms with van der Waals surface area (Å²) in [4.78, 5) is 38.6. The first-order chi connectivity index (χ1) is 12.1. The number of esters is 1. The molecule has 0 bridgehead atoms. The van der Waals surface area contributed by atoms with Crippen LogP contribution in [0.1, 0.15) is 51.9 Å². The summed E-state index contributed by atoms with van der Waals surface area (Å²) in [6.45, 7) is 10.6. The third-order valence-electron chi connectivity index (χ3n) is 3.83. The standard InChI is InChI=1S/C19H27ClN2O4/c1-11(2)22(12(3)4)18(24)14(6)26-19(25)13(5)21-17(23)15-9-7-8-10-16(15)20/h7-14H,1-6H3,(H,21,23)/t13-,14?/m0/s1. The van der Waals surface area contributed by atoms with Crippen LogP contribution >= 0.6 is 11.6 Å². The van der Waals surface area contributed by atoms with Crippen molar-refractivity contribution in [2.75, 3.05) is 0 Å². The molecule has 2 atom stereocenters. The van der Waals surface area contributed by atoms with Gasteiger partial charge >= 0.3 is 5.97 Å². The van der Waals surface area contributed by atoms with E-state index in [1.54, 1.807) is 29.2 Å². The van der Waals surface area contributed by atoms with Crippen LogP contribution in [0.25, 0.3) is 0 Å². The van der Waals surface area contributed by atoms with Gasteiger partial charge in [-0.3, -0.25) is 9.59 Å². The highest BCUT2D eigenvalue weighted by molar-refractivity contribution is 6.33. The third kappa shape index (κ3) is 5.73.